The first-order chi connectivity index (χ1) is 11.0. The maximum absolute atomic E-state index is 12.8. The topological polar surface area (TPSA) is 65.0 Å². The third-order valence-electron chi connectivity index (χ3n) is 3.18. The zero-order valence-electron chi connectivity index (χ0n) is 12.1. The van der Waals surface area contributed by atoms with E-state index in [1.807, 2.05) is 0 Å². The molecule has 0 radical (unpaired) electrons. The fourth-order valence-corrected chi connectivity index (χ4v) is 4.28. The fraction of sp³-hybridized carbons (Fsp3) is 0.267. The van der Waals surface area contributed by atoms with Crippen molar-refractivity contribution in [2.75, 3.05) is 24.7 Å². The van der Waals surface area contributed by atoms with Crippen molar-refractivity contribution in [3.63, 3.8) is 0 Å². The van der Waals surface area contributed by atoms with Crippen LogP contribution in [0.15, 0.2) is 40.1 Å². The average Bonchev–Trinajstić information content (AvgIpc) is 2.99. The predicted molar refractivity (Wildman–Crippen MR) is 86.2 cm³/mol. The highest BCUT2D eigenvalue weighted by Gasteiger charge is 2.18. The highest BCUT2D eigenvalue weighted by molar-refractivity contribution is 7.94. The van der Waals surface area contributed by atoms with Gasteiger partial charge in [0.1, 0.15) is 17.3 Å². The highest BCUT2D eigenvalue weighted by atomic mass is 32.2. The molecule has 2 aromatic rings. The summed E-state index contributed by atoms with van der Waals surface area (Å²) in [5.41, 5.74) is 0. The van der Waals surface area contributed by atoms with Gasteiger partial charge in [0.05, 0.1) is 39.3 Å². The van der Waals surface area contributed by atoms with E-state index in [4.69, 9.17) is 9.47 Å². The van der Waals surface area contributed by atoms with Crippen LogP contribution in [-0.4, -0.2) is 34.8 Å². The molecule has 0 atom stereocenters. The molecule has 1 aromatic carbocycles. The number of nitrogens with zero attached hydrogens (tertiary/aromatic N) is 1. The smallest absolute Gasteiger partial charge is 0.295 e. The van der Waals surface area contributed by atoms with Gasteiger partial charge in [-0.15, -0.1) is 11.3 Å². The van der Waals surface area contributed by atoms with Gasteiger partial charge in [0.25, 0.3) is 5.91 Å². The molecule has 1 amide bonds. The molecule has 1 aliphatic heterocycles. The van der Waals surface area contributed by atoms with Crippen LogP contribution >= 0.6 is 11.3 Å². The quantitative estimate of drug-likeness (QED) is 0.847. The van der Waals surface area contributed by atoms with Crippen LogP contribution in [0, 0.1) is 5.82 Å². The Balaban J connectivity index is 1.73. The van der Waals surface area contributed by atoms with Gasteiger partial charge in [-0.1, -0.05) is 0 Å². The van der Waals surface area contributed by atoms with Gasteiger partial charge in [-0.05, 0) is 24.3 Å². The Morgan fingerprint density at radius 1 is 1.22 bits per heavy atom. The van der Waals surface area contributed by atoms with Crippen molar-refractivity contribution in [1.82, 2.24) is 0 Å². The number of rotatable bonds is 3. The van der Waals surface area contributed by atoms with Crippen LogP contribution in [0.2, 0.25) is 0 Å². The number of thiophene rings is 1. The molecule has 0 aliphatic carbocycles. The van der Waals surface area contributed by atoms with Crippen LogP contribution in [-0.2, 0) is 14.5 Å². The molecular weight excluding hydrogens is 341 g/mol. The van der Waals surface area contributed by atoms with Gasteiger partial charge >= 0.3 is 0 Å². The van der Waals surface area contributed by atoms with Crippen molar-refractivity contribution in [2.24, 2.45) is 4.36 Å². The van der Waals surface area contributed by atoms with Gasteiger partial charge in [0, 0.05) is 11.4 Å². The summed E-state index contributed by atoms with van der Waals surface area (Å²) in [5, 5.41) is 1.66. The normalized spacial score (nSPS) is 16.7. The lowest BCUT2D eigenvalue weighted by atomic mass is 10.3. The summed E-state index contributed by atoms with van der Waals surface area (Å²) >= 11 is 1.17. The van der Waals surface area contributed by atoms with Crippen molar-refractivity contribution in [2.45, 2.75) is 0 Å². The van der Waals surface area contributed by atoms with Crippen molar-refractivity contribution < 1.29 is 22.9 Å². The van der Waals surface area contributed by atoms with Crippen molar-refractivity contribution >= 4 is 27.0 Å². The third-order valence-corrected chi connectivity index (χ3v) is 6.18. The van der Waals surface area contributed by atoms with E-state index in [0.29, 0.717) is 29.6 Å². The molecule has 0 N–H and O–H groups in total. The standard InChI is InChI=1S/C15H14FNO4S2/c16-11-1-3-12(4-2-11)21-13-9-14(22-10-13)15(18)17-23(19)7-5-20-6-8-23/h1-4,9-10H,5-8H2. The lowest BCUT2D eigenvalue weighted by Crippen LogP contribution is -2.26. The summed E-state index contributed by atoms with van der Waals surface area (Å²) in [4.78, 5) is 12.5. The summed E-state index contributed by atoms with van der Waals surface area (Å²) < 4.78 is 39.8. The van der Waals surface area contributed by atoms with E-state index < -0.39 is 15.6 Å². The number of hydrogen-bond donors (Lipinski definition) is 0. The van der Waals surface area contributed by atoms with Crippen LogP contribution in [0.4, 0.5) is 4.39 Å². The Kier molecular flexibility index (Phi) is 4.74. The molecule has 122 valence electrons. The second-order valence-corrected chi connectivity index (χ2v) is 8.35. The molecule has 0 spiro atoms. The number of benzene rings is 1. The molecule has 0 saturated carbocycles. The predicted octanol–water partition coefficient (Wildman–Crippen LogP) is 3.32. The van der Waals surface area contributed by atoms with Crippen LogP contribution in [0.25, 0.3) is 0 Å². The van der Waals surface area contributed by atoms with E-state index in [0.717, 1.165) is 0 Å². The number of carbonyl (C=O) groups is 1. The number of halogens is 1. The lowest BCUT2D eigenvalue weighted by molar-refractivity contribution is 0.101. The third kappa shape index (κ3) is 4.15. The summed E-state index contributed by atoms with van der Waals surface area (Å²) in [5.74, 6) is 0.637. The Hall–Kier alpha value is -1.77. The van der Waals surface area contributed by atoms with E-state index in [9.17, 15) is 13.4 Å². The molecule has 0 bridgehead atoms. The number of amides is 1. The van der Waals surface area contributed by atoms with Crippen LogP contribution in [0.1, 0.15) is 9.67 Å². The summed E-state index contributed by atoms with van der Waals surface area (Å²) in [6, 6.07) is 7.12. The van der Waals surface area contributed by atoms with E-state index >= 15 is 0 Å². The minimum absolute atomic E-state index is 0.281. The highest BCUT2D eigenvalue weighted by Crippen LogP contribution is 2.27. The first kappa shape index (κ1) is 16.1. The first-order valence-electron chi connectivity index (χ1n) is 6.91. The van der Waals surface area contributed by atoms with Crippen molar-refractivity contribution in [1.29, 1.82) is 0 Å². The second-order valence-electron chi connectivity index (χ2n) is 4.89. The van der Waals surface area contributed by atoms with E-state index in [1.54, 1.807) is 11.4 Å². The van der Waals surface area contributed by atoms with Gasteiger partial charge < -0.3 is 9.47 Å². The molecule has 0 unspecified atom stereocenters. The molecule has 8 heteroatoms. The minimum atomic E-state index is -2.52. The molecule has 1 aliphatic rings. The van der Waals surface area contributed by atoms with Crippen molar-refractivity contribution in [3.8, 4) is 11.5 Å². The molecule has 3 rings (SSSR count). The van der Waals surface area contributed by atoms with E-state index in [2.05, 4.69) is 4.36 Å². The maximum Gasteiger partial charge on any atom is 0.295 e. The molecule has 1 saturated heterocycles. The Morgan fingerprint density at radius 2 is 1.91 bits per heavy atom. The van der Waals surface area contributed by atoms with Crippen LogP contribution in [0.3, 0.4) is 0 Å². The van der Waals surface area contributed by atoms with Gasteiger partial charge in [0.2, 0.25) is 0 Å². The van der Waals surface area contributed by atoms with E-state index in [1.165, 1.54) is 35.6 Å². The number of ether oxygens (including phenoxy) is 2. The number of hydrogen-bond acceptors (Lipinski definition) is 5. The zero-order chi connectivity index (χ0) is 16.3. The summed E-state index contributed by atoms with van der Waals surface area (Å²) in [6.07, 6.45) is 0. The summed E-state index contributed by atoms with van der Waals surface area (Å²) in [7, 11) is -2.52. The van der Waals surface area contributed by atoms with Gasteiger partial charge in [-0.25, -0.2) is 8.60 Å². The Morgan fingerprint density at radius 3 is 2.61 bits per heavy atom. The molecule has 2 heterocycles. The van der Waals surface area contributed by atoms with Crippen molar-refractivity contribution in [3.05, 3.63) is 46.4 Å². The van der Waals surface area contributed by atoms with Crippen LogP contribution < -0.4 is 4.74 Å². The molecule has 1 fully saturated rings. The molecule has 1 aromatic heterocycles. The second kappa shape index (κ2) is 6.77. The number of carbonyl (C=O) groups excluding carboxylic acids is 1. The van der Waals surface area contributed by atoms with E-state index in [-0.39, 0.29) is 17.3 Å². The first-order valence-corrected chi connectivity index (χ1v) is 9.64. The largest absolute Gasteiger partial charge is 0.456 e. The molecule has 23 heavy (non-hydrogen) atoms. The van der Waals surface area contributed by atoms with Crippen LogP contribution in [0.5, 0.6) is 11.5 Å². The SMILES string of the molecule is O=C(N=S1(=O)CCOCC1)c1cc(Oc2ccc(F)cc2)cs1. The zero-order valence-corrected chi connectivity index (χ0v) is 13.7. The fourth-order valence-electron chi connectivity index (χ4n) is 1.99. The monoisotopic (exact) mass is 355 g/mol. The Bertz CT molecular complexity index is 810. The molecular formula is C15H14FNO4S2. The van der Waals surface area contributed by atoms with Gasteiger partial charge in [0.15, 0.2) is 0 Å². The lowest BCUT2D eigenvalue weighted by Gasteiger charge is -2.15. The van der Waals surface area contributed by atoms with Gasteiger partial charge in [-0.2, -0.15) is 4.36 Å². The Labute approximate surface area is 137 Å². The minimum Gasteiger partial charge on any atom is -0.456 e. The average molecular weight is 355 g/mol. The maximum atomic E-state index is 12.8. The van der Waals surface area contributed by atoms with Gasteiger partial charge in [-0.3, -0.25) is 4.79 Å². The molecule has 5 nitrogen and oxygen atoms in total. The summed E-state index contributed by atoms with van der Waals surface area (Å²) in [6.45, 7) is 0.720.